The van der Waals surface area contributed by atoms with Crippen molar-refractivity contribution in [1.29, 1.82) is 0 Å². The van der Waals surface area contributed by atoms with Gasteiger partial charge in [-0.25, -0.2) is 4.39 Å². The lowest BCUT2D eigenvalue weighted by Crippen LogP contribution is -2.25. The average molecular weight is 305 g/mol. The highest BCUT2D eigenvalue weighted by Gasteiger charge is 2.26. The summed E-state index contributed by atoms with van der Waals surface area (Å²) >= 11 is 3.14. The molecular weight excluding hydrogens is 291 g/mol. The van der Waals surface area contributed by atoms with Crippen LogP contribution < -0.4 is 4.74 Å². The number of carboxylic acids is 1. The molecule has 5 heteroatoms. The summed E-state index contributed by atoms with van der Waals surface area (Å²) in [5.41, 5.74) is -0.869. The second kappa shape index (κ2) is 5.49. The van der Waals surface area contributed by atoms with Gasteiger partial charge in [0.25, 0.3) is 0 Å². The Bertz CT molecular complexity index is 418. The SMILES string of the molecule is CC(C)(CCOc1ccc(Br)cc1F)C(=O)O. The highest BCUT2D eigenvalue weighted by Crippen LogP contribution is 2.24. The van der Waals surface area contributed by atoms with Crippen molar-refractivity contribution in [1.82, 2.24) is 0 Å². The van der Waals surface area contributed by atoms with Crippen molar-refractivity contribution in [3.63, 3.8) is 0 Å². The van der Waals surface area contributed by atoms with Gasteiger partial charge in [-0.3, -0.25) is 4.79 Å². The van der Waals surface area contributed by atoms with Gasteiger partial charge in [0.2, 0.25) is 0 Å². The van der Waals surface area contributed by atoms with Crippen LogP contribution in [0.15, 0.2) is 22.7 Å². The van der Waals surface area contributed by atoms with Crippen LogP contribution in [0.25, 0.3) is 0 Å². The molecular formula is C12H14BrFO3. The summed E-state index contributed by atoms with van der Waals surface area (Å²) in [5, 5.41) is 8.89. The zero-order valence-electron chi connectivity index (χ0n) is 9.67. The van der Waals surface area contributed by atoms with Gasteiger partial charge in [-0.1, -0.05) is 15.9 Å². The number of hydrogen-bond donors (Lipinski definition) is 1. The lowest BCUT2D eigenvalue weighted by Gasteiger charge is -2.19. The fourth-order valence-electron chi connectivity index (χ4n) is 1.12. The second-order valence-electron chi connectivity index (χ2n) is 4.36. The molecule has 3 nitrogen and oxygen atoms in total. The third-order valence-electron chi connectivity index (χ3n) is 2.46. The van der Waals surface area contributed by atoms with Crippen molar-refractivity contribution in [2.45, 2.75) is 20.3 Å². The number of ether oxygens (including phenoxy) is 1. The molecule has 0 aliphatic carbocycles. The molecule has 1 rings (SSSR count). The topological polar surface area (TPSA) is 46.5 Å². The number of halogens is 2. The molecule has 0 aliphatic rings. The molecule has 0 heterocycles. The summed E-state index contributed by atoms with van der Waals surface area (Å²) in [6.07, 6.45) is 0.317. The number of benzene rings is 1. The van der Waals surface area contributed by atoms with Gasteiger partial charge in [0.1, 0.15) is 0 Å². The maximum atomic E-state index is 13.4. The van der Waals surface area contributed by atoms with Crippen LogP contribution in [-0.2, 0) is 4.79 Å². The van der Waals surface area contributed by atoms with Crippen molar-refractivity contribution >= 4 is 21.9 Å². The Labute approximate surface area is 108 Å². The Hall–Kier alpha value is -1.10. The third kappa shape index (κ3) is 4.00. The van der Waals surface area contributed by atoms with Gasteiger partial charge in [-0.2, -0.15) is 0 Å². The first-order chi connectivity index (χ1) is 7.83. The van der Waals surface area contributed by atoms with E-state index in [-0.39, 0.29) is 12.4 Å². The quantitative estimate of drug-likeness (QED) is 0.906. The number of hydrogen-bond acceptors (Lipinski definition) is 2. The first-order valence-corrected chi connectivity index (χ1v) is 5.93. The number of carboxylic acid groups (broad SMARTS) is 1. The zero-order chi connectivity index (χ0) is 13.1. The van der Waals surface area contributed by atoms with E-state index in [0.29, 0.717) is 10.9 Å². The highest BCUT2D eigenvalue weighted by molar-refractivity contribution is 9.10. The van der Waals surface area contributed by atoms with Crippen molar-refractivity contribution < 1.29 is 19.0 Å². The summed E-state index contributed by atoms with van der Waals surface area (Å²) < 4.78 is 19.2. The molecule has 94 valence electrons. The fourth-order valence-corrected chi connectivity index (χ4v) is 1.45. The Balaban J connectivity index is 2.54. The molecule has 17 heavy (non-hydrogen) atoms. The number of rotatable bonds is 5. The molecule has 0 radical (unpaired) electrons. The van der Waals surface area contributed by atoms with E-state index in [1.165, 1.54) is 12.1 Å². The molecule has 1 aromatic rings. The predicted molar refractivity (Wildman–Crippen MR) is 65.6 cm³/mol. The van der Waals surface area contributed by atoms with E-state index in [4.69, 9.17) is 9.84 Å². The van der Waals surface area contributed by atoms with Crippen molar-refractivity contribution in [3.8, 4) is 5.75 Å². The molecule has 1 aromatic carbocycles. The van der Waals surface area contributed by atoms with Gasteiger partial charge >= 0.3 is 5.97 Å². The first kappa shape index (κ1) is 14.0. The minimum Gasteiger partial charge on any atom is -0.490 e. The molecule has 0 spiro atoms. The lowest BCUT2D eigenvalue weighted by atomic mass is 9.90. The zero-order valence-corrected chi connectivity index (χ0v) is 11.3. The van der Waals surface area contributed by atoms with Crippen LogP contribution in [-0.4, -0.2) is 17.7 Å². The van der Waals surface area contributed by atoms with E-state index < -0.39 is 17.2 Å². The summed E-state index contributed by atoms with van der Waals surface area (Å²) in [6.45, 7) is 3.38. The highest BCUT2D eigenvalue weighted by atomic mass is 79.9. The van der Waals surface area contributed by atoms with Crippen molar-refractivity contribution in [2.75, 3.05) is 6.61 Å². The summed E-state index contributed by atoms with van der Waals surface area (Å²) in [6, 6.07) is 4.48. The van der Waals surface area contributed by atoms with Crippen LogP contribution in [0.5, 0.6) is 5.75 Å². The Kier molecular flexibility index (Phi) is 4.51. The van der Waals surface area contributed by atoms with Crippen molar-refractivity contribution in [3.05, 3.63) is 28.5 Å². The summed E-state index contributed by atoms with van der Waals surface area (Å²) in [4.78, 5) is 10.8. The van der Waals surface area contributed by atoms with Crippen LogP contribution in [0.2, 0.25) is 0 Å². The van der Waals surface area contributed by atoms with Gasteiger partial charge in [-0.05, 0) is 38.5 Å². The molecule has 1 N–H and O–H groups in total. The molecule has 0 amide bonds. The molecule has 0 aromatic heterocycles. The lowest BCUT2D eigenvalue weighted by molar-refractivity contribution is -0.147. The third-order valence-corrected chi connectivity index (χ3v) is 2.95. The smallest absolute Gasteiger partial charge is 0.309 e. The first-order valence-electron chi connectivity index (χ1n) is 5.14. The van der Waals surface area contributed by atoms with E-state index in [2.05, 4.69) is 15.9 Å². The minimum atomic E-state index is -0.891. The fraction of sp³-hybridized carbons (Fsp3) is 0.417. The van der Waals surface area contributed by atoms with Crippen LogP contribution in [0.1, 0.15) is 20.3 Å². The van der Waals surface area contributed by atoms with Gasteiger partial charge in [0.15, 0.2) is 11.6 Å². The predicted octanol–water partition coefficient (Wildman–Crippen LogP) is 3.47. The van der Waals surface area contributed by atoms with E-state index in [9.17, 15) is 9.18 Å². The maximum Gasteiger partial charge on any atom is 0.309 e. The summed E-state index contributed by atoms with van der Waals surface area (Å²) in [7, 11) is 0. The molecule has 0 fully saturated rings. The van der Waals surface area contributed by atoms with Crippen LogP contribution >= 0.6 is 15.9 Å². The molecule has 0 bridgehead atoms. The second-order valence-corrected chi connectivity index (χ2v) is 5.28. The van der Waals surface area contributed by atoms with Gasteiger partial charge in [0.05, 0.1) is 12.0 Å². The maximum absolute atomic E-state index is 13.4. The normalized spacial score (nSPS) is 11.3. The van der Waals surface area contributed by atoms with Gasteiger partial charge in [0, 0.05) is 4.47 Å². The average Bonchev–Trinajstić information content (AvgIpc) is 2.21. The molecule has 0 aliphatic heterocycles. The molecule has 0 saturated heterocycles. The monoisotopic (exact) mass is 304 g/mol. The molecule has 0 saturated carbocycles. The Morgan fingerprint density at radius 3 is 2.71 bits per heavy atom. The summed E-state index contributed by atoms with van der Waals surface area (Å²) in [5.74, 6) is -1.22. The van der Waals surface area contributed by atoms with Crippen LogP contribution in [0, 0.1) is 11.2 Å². The Morgan fingerprint density at radius 1 is 1.53 bits per heavy atom. The largest absolute Gasteiger partial charge is 0.490 e. The van der Waals surface area contributed by atoms with E-state index >= 15 is 0 Å². The Morgan fingerprint density at radius 2 is 2.18 bits per heavy atom. The van der Waals surface area contributed by atoms with E-state index in [1.54, 1.807) is 19.9 Å². The van der Waals surface area contributed by atoms with Gasteiger partial charge < -0.3 is 9.84 Å². The standard InChI is InChI=1S/C12H14BrFO3/c1-12(2,11(15)16)5-6-17-10-4-3-8(13)7-9(10)14/h3-4,7H,5-6H2,1-2H3,(H,15,16). The number of carbonyl (C=O) groups is 1. The van der Waals surface area contributed by atoms with Crippen molar-refractivity contribution in [2.24, 2.45) is 5.41 Å². The van der Waals surface area contributed by atoms with Crippen LogP contribution in [0.4, 0.5) is 4.39 Å². The molecule has 0 atom stereocenters. The van der Waals surface area contributed by atoms with E-state index in [1.807, 2.05) is 0 Å². The minimum absolute atomic E-state index is 0.134. The van der Waals surface area contributed by atoms with Gasteiger partial charge in [-0.15, -0.1) is 0 Å². The number of aliphatic carboxylic acids is 1. The van der Waals surface area contributed by atoms with E-state index in [0.717, 1.165) is 0 Å². The van der Waals surface area contributed by atoms with Crippen LogP contribution in [0.3, 0.4) is 0 Å². The molecule has 0 unspecified atom stereocenters.